The number of benzene rings is 4. The molecular formula is C35H37Cl2N3O6S. The molecule has 0 aliphatic heterocycles. The summed E-state index contributed by atoms with van der Waals surface area (Å²) in [4.78, 5) is 29.6. The Bertz CT molecular complexity index is 1770. The topological polar surface area (TPSA) is 105 Å². The third kappa shape index (κ3) is 8.97. The van der Waals surface area contributed by atoms with Gasteiger partial charge < -0.3 is 19.7 Å². The predicted octanol–water partition coefficient (Wildman–Crippen LogP) is 6.37. The van der Waals surface area contributed by atoms with Gasteiger partial charge in [0.15, 0.2) is 11.5 Å². The van der Waals surface area contributed by atoms with Crippen LogP contribution in [-0.2, 0) is 32.6 Å². The maximum atomic E-state index is 14.5. The van der Waals surface area contributed by atoms with Crippen molar-refractivity contribution < 1.29 is 27.5 Å². The Hall–Kier alpha value is -4.25. The van der Waals surface area contributed by atoms with E-state index in [0.717, 1.165) is 9.87 Å². The van der Waals surface area contributed by atoms with Gasteiger partial charge in [0.2, 0.25) is 11.8 Å². The number of methoxy groups -OCH3 is 2. The maximum absolute atomic E-state index is 14.5. The third-order valence-corrected chi connectivity index (χ3v) is 9.85. The lowest BCUT2D eigenvalue weighted by atomic mass is 10.0. The zero-order valence-corrected chi connectivity index (χ0v) is 28.7. The zero-order chi connectivity index (χ0) is 34.0. The highest BCUT2D eigenvalue weighted by molar-refractivity contribution is 7.92. The van der Waals surface area contributed by atoms with Gasteiger partial charge in [0.25, 0.3) is 10.0 Å². The first-order valence-corrected chi connectivity index (χ1v) is 17.1. The van der Waals surface area contributed by atoms with Crippen molar-refractivity contribution >= 4 is 50.7 Å². The molecule has 0 bridgehead atoms. The molecule has 0 saturated heterocycles. The summed E-state index contributed by atoms with van der Waals surface area (Å²) >= 11 is 12.7. The van der Waals surface area contributed by atoms with Gasteiger partial charge in [-0.3, -0.25) is 13.9 Å². The fraction of sp³-hybridized carbons (Fsp3) is 0.257. The molecule has 0 spiro atoms. The summed E-state index contributed by atoms with van der Waals surface area (Å²) in [6.45, 7) is 1.67. The molecule has 4 aromatic carbocycles. The molecule has 4 rings (SSSR count). The monoisotopic (exact) mass is 697 g/mol. The molecular weight excluding hydrogens is 661 g/mol. The van der Waals surface area contributed by atoms with Crippen LogP contribution in [0.25, 0.3) is 0 Å². The summed E-state index contributed by atoms with van der Waals surface area (Å²) in [6.07, 6.45) is 0.881. The highest BCUT2D eigenvalue weighted by Crippen LogP contribution is 2.33. The number of carbonyl (C=O) groups is 2. The van der Waals surface area contributed by atoms with Gasteiger partial charge in [-0.05, 0) is 60.0 Å². The Balaban J connectivity index is 1.82. The van der Waals surface area contributed by atoms with E-state index < -0.39 is 28.5 Å². The number of rotatable bonds is 15. The van der Waals surface area contributed by atoms with E-state index in [4.69, 9.17) is 32.7 Å². The number of halogens is 2. The number of nitrogens with one attached hydrogen (secondary N) is 1. The Morgan fingerprint density at radius 2 is 1.51 bits per heavy atom. The van der Waals surface area contributed by atoms with Crippen LogP contribution in [0, 0.1) is 0 Å². The van der Waals surface area contributed by atoms with Crippen LogP contribution in [-0.4, -0.2) is 58.5 Å². The average molecular weight is 699 g/mol. The fourth-order valence-corrected chi connectivity index (χ4v) is 6.72. The zero-order valence-electron chi connectivity index (χ0n) is 26.4. The molecule has 12 heteroatoms. The molecule has 0 aliphatic rings. The SMILES string of the molecule is CCCNC(=O)[C@H](Cc1ccccc1)N(Cc1ccccc1Cl)C(=O)CN(c1ccc(Cl)cc1)S(=O)(=O)c1ccc(OC)c(OC)c1. The third-order valence-electron chi connectivity index (χ3n) is 7.46. The Morgan fingerprint density at radius 3 is 2.15 bits per heavy atom. The number of amides is 2. The summed E-state index contributed by atoms with van der Waals surface area (Å²) in [7, 11) is -1.53. The summed E-state index contributed by atoms with van der Waals surface area (Å²) in [5.41, 5.74) is 1.63. The van der Waals surface area contributed by atoms with Gasteiger partial charge in [-0.25, -0.2) is 8.42 Å². The van der Waals surface area contributed by atoms with Gasteiger partial charge in [0.05, 0.1) is 24.8 Å². The molecule has 1 N–H and O–H groups in total. The minimum Gasteiger partial charge on any atom is -0.493 e. The van der Waals surface area contributed by atoms with Crippen molar-refractivity contribution in [1.82, 2.24) is 10.2 Å². The first kappa shape index (κ1) is 35.6. The fourth-order valence-electron chi connectivity index (χ4n) is 4.97. The number of sulfonamides is 1. The second-order valence-electron chi connectivity index (χ2n) is 10.6. The summed E-state index contributed by atoms with van der Waals surface area (Å²) in [5.74, 6) is -0.437. The molecule has 1 atom stereocenters. The molecule has 0 heterocycles. The molecule has 2 amide bonds. The number of hydrogen-bond acceptors (Lipinski definition) is 6. The van der Waals surface area contributed by atoms with E-state index in [9.17, 15) is 18.0 Å². The largest absolute Gasteiger partial charge is 0.493 e. The number of nitrogens with zero attached hydrogens (tertiary/aromatic N) is 2. The molecule has 248 valence electrons. The van der Waals surface area contributed by atoms with E-state index in [1.807, 2.05) is 37.3 Å². The Labute approximate surface area is 286 Å². The molecule has 0 saturated carbocycles. The van der Waals surface area contributed by atoms with Crippen LogP contribution in [0.3, 0.4) is 0 Å². The van der Waals surface area contributed by atoms with Gasteiger partial charge in [-0.15, -0.1) is 0 Å². The standard InChI is InChI=1S/C35H37Cl2N3O6S/c1-4-20-38-35(42)31(21-25-10-6-5-7-11-25)39(23-26-12-8-9-13-30(26)37)34(41)24-40(28-16-14-27(36)15-17-28)47(43,44)29-18-19-32(45-2)33(22-29)46-3/h5-19,22,31H,4,20-21,23-24H2,1-3H3,(H,38,42)/t31-/m0/s1. The summed E-state index contributed by atoms with van der Waals surface area (Å²) in [6, 6.07) is 25.7. The predicted molar refractivity (Wildman–Crippen MR) is 185 cm³/mol. The maximum Gasteiger partial charge on any atom is 0.264 e. The molecule has 0 fully saturated rings. The Kier molecular flexibility index (Phi) is 12.5. The first-order valence-electron chi connectivity index (χ1n) is 14.9. The van der Waals surface area contributed by atoms with Crippen molar-refractivity contribution in [2.75, 3.05) is 31.6 Å². The number of carbonyl (C=O) groups excluding carboxylic acids is 2. The van der Waals surface area contributed by atoms with Crippen molar-refractivity contribution in [3.63, 3.8) is 0 Å². The number of ether oxygens (including phenoxy) is 2. The van der Waals surface area contributed by atoms with Crippen molar-refractivity contribution in [3.05, 3.63) is 118 Å². The smallest absolute Gasteiger partial charge is 0.264 e. The number of hydrogen-bond donors (Lipinski definition) is 1. The molecule has 0 radical (unpaired) electrons. The normalized spacial score (nSPS) is 11.8. The van der Waals surface area contributed by atoms with Crippen molar-refractivity contribution in [1.29, 1.82) is 0 Å². The van der Waals surface area contributed by atoms with Crippen molar-refractivity contribution in [2.24, 2.45) is 0 Å². The molecule has 0 aliphatic carbocycles. The van der Waals surface area contributed by atoms with Crippen LogP contribution in [0.15, 0.2) is 102 Å². The van der Waals surface area contributed by atoms with Crippen LogP contribution in [0.1, 0.15) is 24.5 Å². The average Bonchev–Trinajstić information content (AvgIpc) is 3.08. The van der Waals surface area contributed by atoms with E-state index in [-0.39, 0.29) is 35.2 Å². The van der Waals surface area contributed by atoms with E-state index in [0.29, 0.717) is 34.3 Å². The lowest BCUT2D eigenvalue weighted by Gasteiger charge is -2.34. The van der Waals surface area contributed by atoms with Gasteiger partial charge in [0, 0.05) is 35.6 Å². The van der Waals surface area contributed by atoms with Gasteiger partial charge in [0.1, 0.15) is 12.6 Å². The lowest BCUT2D eigenvalue weighted by molar-refractivity contribution is -0.140. The first-order chi connectivity index (χ1) is 22.6. The minimum atomic E-state index is -4.37. The second-order valence-corrected chi connectivity index (χ2v) is 13.3. The summed E-state index contributed by atoms with van der Waals surface area (Å²) in [5, 5.41) is 3.72. The van der Waals surface area contributed by atoms with Crippen LogP contribution in [0.5, 0.6) is 11.5 Å². The minimum absolute atomic E-state index is 0.0413. The van der Waals surface area contributed by atoms with E-state index in [1.54, 1.807) is 24.3 Å². The molecule has 47 heavy (non-hydrogen) atoms. The van der Waals surface area contributed by atoms with Crippen LogP contribution >= 0.6 is 23.2 Å². The van der Waals surface area contributed by atoms with Crippen molar-refractivity contribution in [3.8, 4) is 11.5 Å². The van der Waals surface area contributed by atoms with Gasteiger partial charge >= 0.3 is 0 Å². The molecule has 0 unspecified atom stereocenters. The van der Waals surface area contributed by atoms with Crippen LogP contribution in [0.4, 0.5) is 5.69 Å². The molecule has 4 aromatic rings. The summed E-state index contributed by atoms with van der Waals surface area (Å²) < 4.78 is 40.3. The van der Waals surface area contributed by atoms with E-state index >= 15 is 0 Å². The number of anilines is 1. The lowest BCUT2D eigenvalue weighted by Crippen LogP contribution is -2.53. The van der Waals surface area contributed by atoms with E-state index in [1.165, 1.54) is 61.6 Å². The van der Waals surface area contributed by atoms with Crippen LogP contribution in [0.2, 0.25) is 10.0 Å². The Morgan fingerprint density at radius 1 is 0.851 bits per heavy atom. The van der Waals surface area contributed by atoms with Crippen molar-refractivity contribution in [2.45, 2.75) is 37.2 Å². The van der Waals surface area contributed by atoms with Gasteiger partial charge in [-0.2, -0.15) is 0 Å². The van der Waals surface area contributed by atoms with Crippen LogP contribution < -0.4 is 19.1 Å². The second kappa shape index (κ2) is 16.5. The quantitative estimate of drug-likeness (QED) is 0.155. The highest BCUT2D eigenvalue weighted by Gasteiger charge is 2.35. The molecule has 0 aromatic heterocycles. The van der Waals surface area contributed by atoms with Gasteiger partial charge in [-0.1, -0.05) is 78.7 Å². The highest BCUT2D eigenvalue weighted by atomic mass is 35.5. The van der Waals surface area contributed by atoms with E-state index in [2.05, 4.69) is 5.32 Å². The molecule has 9 nitrogen and oxygen atoms in total.